The van der Waals surface area contributed by atoms with Gasteiger partial charge >= 0.3 is 5.97 Å². The van der Waals surface area contributed by atoms with Gasteiger partial charge in [0.05, 0.1) is 20.6 Å². The lowest BCUT2D eigenvalue weighted by molar-refractivity contribution is 0.0712. The third kappa shape index (κ3) is 4.74. The van der Waals surface area contributed by atoms with Crippen LogP contribution in [-0.4, -0.2) is 41.2 Å². The van der Waals surface area contributed by atoms with Crippen LogP contribution in [-0.2, 0) is 16.9 Å². The molecule has 0 N–H and O–H groups in total. The fourth-order valence-corrected chi connectivity index (χ4v) is 4.07. The van der Waals surface area contributed by atoms with E-state index in [2.05, 4.69) is 10.1 Å². The summed E-state index contributed by atoms with van der Waals surface area (Å²) < 4.78 is 30.0. The Labute approximate surface area is 192 Å². The van der Waals surface area contributed by atoms with Crippen molar-refractivity contribution in [3.8, 4) is 5.88 Å². The second-order valence-electron chi connectivity index (χ2n) is 6.49. The second-order valence-corrected chi connectivity index (χ2v) is 9.70. The number of pyridine rings is 1. The van der Waals surface area contributed by atoms with Crippen LogP contribution in [0.5, 0.6) is 5.88 Å². The summed E-state index contributed by atoms with van der Waals surface area (Å²) in [4.78, 5) is 29.6. The van der Waals surface area contributed by atoms with E-state index < -0.39 is 21.6 Å². The molecule has 3 rings (SSSR count). The van der Waals surface area contributed by atoms with Crippen molar-refractivity contribution in [2.75, 3.05) is 6.26 Å². The average Bonchev–Trinajstić information content (AvgIpc) is 2.95. The lowest BCUT2D eigenvalue weighted by Crippen LogP contribution is -2.16. The molecule has 0 saturated heterocycles. The number of aryl methyl sites for hydroxylation is 2. The Morgan fingerprint density at radius 1 is 1.06 bits per heavy atom. The zero-order valence-corrected chi connectivity index (χ0v) is 19.4. The molecule has 0 aliphatic heterocycles. The first-order chi connectivity index (χ1) is 14.4. The highest BCUT2D eigenvalue weighted by Gasteiger charge is 2.28. The topological polar surface area (TPSA) is 108 Å². The number of hydrogen-bond donors (Lipinski definition) is 0. The van der Waals surface area contributed by atoms with Gasteiger partial charge in [-0.3, -0.25) is 4.79 Å². The zero-order chi connectivity index (χ0) is 23.1. The predicted octanol–water partition coefficient (Wildman–Crippen LogP) is 3.94. The number of sulfone groups is 1. The molecule has 12 heteroatoms. The first-order valence-corrected chi connectivity index (χ1v) is 11.5. The highest BCUT2D eigenvalue weighted by Crippen LogP contribution is 2.30. The van der Waals surface area contributed by atoms with Crippen LogP contribution in [0.1, 0.15) is 32.1 Å². The fraction of sp³-hybridized carbons (Fsp3) is 0.158. The maximum absolute atomic E-state index is 13.2. The number of benzene rings is 1. The number of aromatic nitrogens is 3. The summed E-state index contributed by atoms with van der Waals surface area (Å²) in [5, 5.41) is 4.10. The molecule has 1 aromatic carbocycles. The largest absolute Gasteiger partial charge is 0.402 e. The number of nitrogens with zero attached hydrogens (tertiary/aromatic N) is 3. The second kappa shape index (κ2) is 8.58. The van der Waals surface area contributed by atoms with Gasteiger partial charge in [-0.05, 0) is 37.3 Å². The number of esters is 1. The van der Waals surface area contributed by atoms with E-state index in [0.29, 0.717) is 0 Å². The van der Waals surface area contributed by atoms with Gasteiger partial charge in [-0.1, -0.05) is 34.8 Å². The Morgan fingerprint density at radius 2 is 1.74 bits per heavy atom. The van der Waals surface area contributed by atoms with Gasteiger partial charge in [-0.15, -0.1) is 0 Å². The summed E-state index contributed by atoms with van der Waals surface area (Å²) >= 11 is 18.0. The van der Waals surface area contributed by atoms with Gasteiger partial charge in [-0.2, -0.15) is 5.10 Å². The number of ketones is 1. The number of hydrogen-bond acceptors (Lipinski definition) is 7. The summed E-state index contributed by atoms with van der Waals surface area (Å²) in [5.74, 6) is -1.71. The minimum absolute atomic E-state index is 0.0144. The van der Waals surface area contributed by atoms with E-state index in [-0.39, 0.29) is 48.5 Å². The third-order valence-electron chi connectivity index (χ3n) is 4.20. The van der Waals surface area contributed by atoms with Crippen molar-refractivity contribution < 1.29 is 22.7 Å². The van der Waals surface area contributed by atoms with Crippen LogP contribution in [0.3, 0.4) is 0 Å². The molecule has 8 nitrogen and oxygen atoms in total. The molecule has 0 amide bonds. The van der Waals surface area contributed by atoms with Gasteiger partial charge in [0.15, 0.2) is 15.5 Å². The lowest BCUT2D eigenvalue weighted by Gasteiger charge is -2.09. The Balaban J connectivity index is 2.03. The van der Waals surface area contributed by atoms with Crippen LogP contribution in [0.15, 0.2) is 35.2 Å². The molecule has 0 atom stereocenters. The molecule has 0 radical (unpaired) electrons. The van der Waals surface area contributed by atoms with E-state index in [0.717, 1.165) is 6.26 Å². The van der Waals surface area contributed by atoms with Gasteiger partial charge in [0.25, 0.3) is 0 Å². The zero-order valence-electron chi connectivity index (χ0n) is 16.3. The maximum Gasteiger partial charge on any atom is 0.365 e. The van der Waals surface area contributed by atoms with Gasteiger partial charge in [0.1, 0.15) is 10.7 Å². The molecule has 0 fully saturated rings. The van der Waals surface area contributed by atoms with Crippen molar-refractivity contribution >= 4 is 56.4 Å². The van der Waals surface area contributed by atoms with E-state index >= 15 is 0 Å². The number of carbonyl (C=O) groups excluding carboxylic acids is 2. The number of ether oxygens (including phenoxy) is 1. The quantitative estimate of drug-likeness (QED) is 0.295. The van der Waals surface area contributed by atoms with E-state index in [9.17, 15) is 18.0 Å². The van der Waals surface area contributed by atoms with Crippen LogP contribution in [0.4, 0.5) is 0 Å². The summed E-state index contributed by atoms with van der Waals surface area (Å²) in [6, 6.07) is 6.52. The number of carbonyl (C=O) groups is 2. The molecule has 3 aromatic rings. The third-order valence-corrected chi connectivity index (χ3v) is 6.14. The monoisotopic (exact) mass is 501 g/mol. The molecule has 162 valence electrons. The molecule has 31 heavy (non-hydrogen) atoms. The summed E-state index contributed by atoms with van der Waals surface area (Å²) in [7, 11) is -2.03. The van der Waals surface area contributed by atoms with Crippen molar-refractivity contribution in [1.82, 2.24) is 14.8 Å². The Morgan fingerprint density at radius 3 is 2.35 bits per heavy atom. The molecule has 2 heterocycles. The van der Waals surface area contributed by atoms with Crippen LogP contribution < -0.4 is 4.74 Å². The van der Waals surface area contributed by atoms with Gasteiger partial charge in [-0.25, -0.2) is 22.9 Å². The molecule has 0 aliphatic rings. The SMILES string of the molecule is Cc1nn(C)c(OC(=O)c2nc(Cl)ccc2Cl)c1C(=O)c1ccc(S(C)(=O)=O)cc1Cl. The molecular weight excluding hydrogens is 489 g/mol. The molecule has 2 aromatic heterocycles. The summed E-state index contributed by atoms with van der Waals surface area (Å²) in [6.07, 6.45) is 1.03. The van der Waals surface area contributed by atoms with E-state index in [1.807, 2.05) is 0 Å². The van der Waals surface area contributed by atoms with Gasteiger partial charge in [0.2, 0.25) is 11.7 Å². The van der Waals surface area contributed by atoms with Crippen molar-refractivity contribution in [3.63, 3.8) is 0 Å². The highest BCUT2D eigenvalue weighted by atomic mass is 35.5. The summed E-state index contributed by atoms with van der Waals surface area (Å²) in [6.45, 7) is 1.55. The van der Waals surface area contributed by atoms with E-state index in [1.54, 1.807) is 6.92 Å². The van der Waals surface area contributed by atoms with E-state index in [4.69, 9.17) is 39.5 Å². The fourth-order valence-electron chi connectivity index (χ4n) is 2.76. The normalized spacial score (nSPS) is 11.4. The molecule has 0 aliphatic carbocycles. The minimum atomic E-state index is -3.51. The van der Waals surface area contributed by atoms with Crippen LogP contribution in [0, 0.1) is 6.92 Å². The van der Waals surface area contributed by atoms with Crippen molar-refractivity contribution in [3.05, 3.63) is 68.0 Å². The van der Waals surface area contributed by atoms with Gasteiger partial charge in [0, 0.05) is 18.9 Å². The highest BCUT2D eigenvalue weighted by molar-refractivity contribution is 7.90. The van der Waals surface area contributed by atoms with Crippen LogP contribution in [0.2, 0.25) is 15.2 Å². The van der Waals surface area contributed by atoms with Crippen LogP contribution in [0.25, 0.3) is 0 Å². The lowest BCUT2D eigenvalue weighted by atomic mass is 10.0. The molecule has 0 bridgehead atoms. The molecular formula is C19H14Cl3N3O5S. The van der Waals surface area contributed by atoms with Crippen molar-refractivity contribution in [2.45, 2.75) is 11.8 Å². The number of halogens is 3. The Hall–Kier alpha value is -2.46. The standard InChI is InChI=1S/C19H14Cl3N3O5S/c1-9-15(17(26)11-5-4-10(8-13(11)21)31(3,28)29)18(25(2)24-9)30-19(27)16-12(20)6-7-14(22)23-16/h4-8H,1-3H3. The first-order valence-electron chi connectivity index (χ1n) is 8.52. The average molecular weight is 503 g/mol. The molecule has 0 unspecified atom stereocenters. The smallest absolute Gasteiger partial charge is 0.365 e. The minimum Gasteiger partial charge on any atom is -0.402 e. The Bertz CT molecular complexity index is 1340. The van der Waals surface area contributed by atoms with Crippen molar-refractivity contribution in [2.24, 2.45) is 7.05 Å². The van der Waals surface area contributed by atoms with Crippen molar-refractivity contribution in [1.29, 1.82) is 0 Å². The summed E-state index contributed by atoms with van der Waals surface area (Å²) in [5.41, 5.74) is 0.0232. The maximum atomic E-state index is 13.2. The predicted molar refractivity (Wildman–Crippen MR) is 115 cm³/mol. The van der Waals surface area contributed by atoms with Crippen LogP contribution >= 0.6 is 34.8 Å². The number of rotatable bonds is 5. The Kier molecular flexibility index (Phi) is 6.43. The molecule has 0 spiro atoms. The van der Waals surface area contributed by atoms with Gasteiger partial charge < -0.3 is 4.74 Å². The van der Waals surface area contributed by atoms with E-state index in [1.165, 1.54) is 42.1 Å². The molecule has 0 saturated carbocycles. The first kappa shape index (κ1) is 23.2.